The van der Waals surface area contributed by atoms with Gasteiger partial charge in [-0.1, -0.05) is 18.2 Å². The van der Waals surface area contributed by atoms with E-state index >= 15 is 0 Å². The maximum absolute atomic E-state index is 13.9. The molecular formula is C19H23FN2O4S. The predicted octanol–water partition coefficient (Wildman–Crippen LogP) is 2.81. The van der Waals surface area contributed by atoms with Crippen LogP contribution in [0.3, 0.4) is 0 Å². The van der Waals surface area contributed by atoms with Gasteiger partial charge in [-0.2, -0.15) is 0 Å². The van der Waals surface area contributed by atoms with E-state index in [9.17, 15) is 17.6 Å². The van der Waals surface area contributed by atoms with Gasteiger partial charge in [-0.25, -0.2) is 12.8 Å². The molecule has 0 radical (unpaired) electrons. The molecule has 2 aromatic rings. The number of carbonyl (C=O) groups is 1. The lowest BCUT2D eigenvalue weighted by atomic mass is 10.2. The van der Waals surface area contributed by atoms with E-state index in [0.29, 0.717) is 26.2 Å². The fourth-order valence-electron chi connectivity index (χ4n) is 2.42. The van der Waals surface area contributed by atoms with Crippen LogP contribution in [0.1, 0.15) is 23.7 Å². The number of benzene rings is 2. The predicted molar refractivity (Wildman–Crippen MR) is 102 cm³/mol. The third-order valence-electron chi connectivity index (χ3n) is 3.90. The second kappa shape index (κ2) is 9.48. The zero-order valence-electron chi connectivity index (χ0n) is 15.3. The summed E-state index contributed by atoms with van der Waals surface area (Å²) in [6, 6.07) is 11.3. The van der Waals surface area contributed by atoms with Gasteiger partial charge in [-0.05, 0) is 43.7 Å². The number of hydrogen-bond acceptors (Lipinski definition) is 4. The number of nitrogens with one attached hydrogen (secondary N) is 1. The zero-order chi connectivity index (χ0) is 19.9. The molecule has 2 rings (SSSR count). The highest BCUT2D eigenvalue weighted by atomic mass is 32.2. The number of sulfonamides is 1. The first kappa shape index (κ1) is 20.9. The molecule has 0 aromatic heterocycles. The van der Waals surface area contributed by atoms with Gasteiger partial charge < -0.3 is 10.1 Å². The van der Waals surface area contributed by atoms with Crippen LogP contribution in [-0.2, 0) is 14.8 Å². The van der Waals surface area contributed by atoms with Crippen molar-refractivity contribution in [2.75, 3.05) is 31.1 Å². The lowest BCUT2D eigenvalue weighted by Gasteiger charge is -2.20. The first-order valence-corrected chi connectivity index (χ1v) is 10.0. The number of amides is 1. The Kier molecular flexibility index (Phi) is 7.32. The number of hydrogen-bond donors (Lipinski definition) is 1. The summed E-state index contributed by atoms with van der Waals surface area (Å²) in [7, 11) is -2.74. The van der Waals surface area contributed by atoms with E-state index < -0.39 is 15.8 Å². The number of rotatable bonds is 9. The van der Waals surface area contributed by atoms with Crippen LogP contribution in [0, 0.1) is 5.82 Å². The fourth-order valence-corrected chi connectivity index (χ4v) is 3.66. The molecule has 146 valence electrons. The van der Waals surface area contributed by atoms with Crippen molar-refractivity contribution in [2.24, 2.45) is 0 Å². The number of nitrogens with zero attached hydrogens (tertiary/aromatic N) is 1. The summed E-state index contributed by atoms with van der Waals surface area (Å²) in [6.07, 6.45) is 0.660. The van der Waals surface area contributed by atoms with Crippen LogP contribution in [0.5, 0.6) is 0 Å². The van der Waals surface area contributed by atoms with Gasteiger partial charge in [0.1, 0.15) is 5.82 Å². The van der Waals surface area contributed by atoms with Crippen molar-refractivity contribution in [1.29, 1.82) is 0 Å². The molecule has 0 heterocycles. The molecule has 1 N–H and O–H groups in total. The van der Waals surface area contributed by atoms with Crippen LogP contribution in [-0.4, -0.2) is 41.1 Å². The van der Waals surface area contributed by atoms with Crippen molar-refractivity contribution >= 4 is 21.6 Å². The van der Waals surface area contributed by atoms with E-state index in [1.807, 2.05) is 6.92 Å². The Morgan fingerprint density at radius 3 is 2.63 bits per heavy atom. The van der Waals surface area contributed by atoms with Crippen LogP contribution in [0.2, 0.25) is 0 Å². The van der Waals surface area contributed by atoms with Crippen LogP contribution >= 0.6 is 0 Å². The van der Waals surface area contributed by atoms with Gasteiger partial charge in [0.2, 0.25) is 0 Å². The number of para-hydroxylation sites is 1. The summed E-state index contributed by atoms with van der Waals surface area (Å²) in [5, 5.41) is 2.72. The lowest BCUT2D eigenvalue weighted by Crippen LogP contribution is -2.28. The Morgan fingerprint density at radius 2 is 1.93 bits per heavy atom. The normalized spacial score (nSPS) is 11.2. The van der Waals surface area contributed by atoms with Gasteiger partial charge in [-0.3, -0.25) is 9.10 Å². The van der Waals surface area contributed by atoms with Gasteiger partial charge in [0, 0.05) is 32.4 Å². The highest BCUT2D eigenvalue weighted by molar-refractivity contribution is 7.92. The number of halogens is 1. The summed E-state index contributed by atoms with van der Waals surface area (Å²) in [6.45, 7) is 3.47. The quantitative estimate of drug-likeness (QED) is 0.664. The first-order chi connectivity index (χ1) is 12.9. The Hall–Kier alpha value is -2.45. The Bertz CT molecular complexity index is 887. The van der Waals surface area contributed by atoms with Crippen LogP contribution in [0.15, 0.2) is 53.4 Å². The Balaban J connectivity index is 2.16. The van der Waals surface area contributed by atoms with Crippen molar-refractivity contribution in [1.82, 2.24) is 5.32 Å². The second-order valence-corrected chi connectivity index (χ2v) is 7.73. The smallest absolute Gasteiger partial charge is 0.264 e. The molecule has 0 spiro atoms. The molecule has 0 unspecified atom stereocenters. The van der Waals surface area contributed by atoms with Crippen LogP contribution < -0.4 is 9.62 Å². The average molecular weight is 394 g/mol. The topological polar surface area (TPSA) is 75.7 Å². The third-order valence-corrected chi connectivity index (χ3v) is 5.67. The van der Waals surface area contributed by atoms with Crippen molar-refractivity contribution in [2.45, 2.75) is 18.2 Å². The van der Waals surface area contributed by atoms with E-state index in [2.05, 4.69) is 5.32 Å². The molecular weight excluding hydrogens is 371 g/mol. The minimum atomic E-state index is -4.01. The minimum absolute atomic E-state index is 0.0664. The molecule has 0 saturated heterocycles. The van der Waals surface area contributed by atoms with E-state index in [4.69, 9.17) is 4.74 Å². The van der Waals surface area contributed by atoms with Crippen molar-refractivity contribution in [3.63, 3.8) is 0 Å². The highest BCUT2D eigenvalue weighted by Gasteiger charge is 2.24. The van der Waals surface area contributed by atoms with Gasteiger partial charge in [0.25, 0.3) is 15.9 Å². The maximum Gasteiger partial charge on any atom is 0.264 e. The molecule has 0 aliphatic heterocycles. The standard InChI is InChI=1S/C19H23FN2O4S/c1-3-26-13-7-12-21-19(23)15-8-6-9-16(14-15)27(24,25)22(2)18-11-5-4-10-17(18)20/h4-6,8-11,14H,3,7,12-13H2,1-2H3,(H,21,23). The average Bonchev–Trinajstić information content (AvgIpc) is 2.67. The lowest BCUT2D eigenvalue weighted by molar-refractivity contribution is 0.0944. The fraction of sp³-hybridized carbons (Fsp3) is 0.316. The molecule has 1 amide bonds. The van der Waals surface area contributed by atoms with Gasteiger partial charge in [-0.15, -0.1) is 0 Å². The SMILES string of the molecule is CCOCCCNC(=O)c1cccc(S(=O)(=O)N(C)c2ccccc2F)c1. The Morgan fingerprint density at radius 1 is 1.19 bits per heavy atom. The molecule has 2 aromatic carbocycles. The summed E-state index contributed by atoms with van der Waals surface area (Å²) < 4.78 is 45.6. The molecule has 27 heavy (non-hydrogen) atoms. The molecule has 0 atom stereocenters. The highest BCUT2D eigenvalue weighted by Crippen LogP contribution is 2.24. The summed E-state index contributed by atoms with van der Waals surface area (Å²) in [5.41, 5.74) is 0.151. The van der Waals surface area contributed by atoms with Crippen LogP contribution in [0.25, 0.3) is 0 Å². The molecule has 0 saturated carbocycles. The number of carbonyl (C=O) groups excluding carboxylic acids is 1. The maximum atomic E-state index is 13.9. The van der Waals surface area contributed by atoms with E-state index in [1.54, 1.807) is 6.07 Å². The second-order valence-electron chi connectivity index (χ2n) is 5.76. The summed E-state index contributed by atoms with van der Waals surface area (Å²) >= 11 is 0. The third kappa shape index (κ3) is 5.27. The van der Waals surface area contributed by atoms with E-state index in [0.717, 1.165) is 4.31 Å². The molecule has 0 fully saturated rings. The van der Waals surface area contributed by atoms with E-state index in [-0.39, 0.29) is 22.1 Å². The van der Waals surface area contributed by atoms with Crippen molar-refractivity contribution in [3.05, 3.63) is 59.9 Å². The van der Waals surface area contributed by atoms with Gasteiger partial charge in [0.05, 0.1) is 10.6 Å². The molecule has 6 nitrogen and oxygen atoms in total. The molecule has 0 bridgehead atoms. The monoisotopic (exact) mass is 394 g/mol. The molecule has 0 aliphatic rings. The van der Waals surface area contributed by atoms with Crippen molar-refractivity contribution < 1.29 is 22.3 Å². The number of anilines is 1. The number of ether oxygens (including phenoxy) is 1. The largest absolute Gasteiger partial charge is 0.382 e. The molecule has 0 aliphatic carbocycles. The first-order valence-electron chi connectivity index (χ1n) is 8.57. The molecule has 8 heteroatoms. The van der Waals surface area contributed by atoms with Gasteiger partial charge >= 0.3 is 0 Å². The summed E-state index contributed by atoms with van der Waals surface area (Å²) in [4.78, 5) is 12.1. The Labute approximate surface area is 159 Å². The minimum Gasteiger partial charge on any atom is -0.382 e. The van der Waals surface area contributed by atoms with E-state index in [1.165, 1.54) is 49.5 Å². The van der Waals surface area contributed by atoms with Gasteiger partial charge in [0.15, 0.2) is 0 Å². The van der Waals surface area contributed by atoms with Crippen molar-refractivity contribution in [3.8, 4) is 0 Å². The van der Waals surface area contributed by atoms with Crippen LogP contribution in [0.4, 0.5) is 10.1 Å². The zero-order valence-corrected chi connectivity index (χ0v) is 16.1. The summed E-state index contributed by atoms with van der Waals surface area (Å²) in [5.74, 6) is -1.02.